The molecule has 3 saturated carbocycles. The van der Waals surface area contributed by atoms with Crippen LogP contribution in [0, 0.1) is 34.5 Å². The smallest absolute Gasteiger partial charge is 0.284 e. The number of carbonyl (C=O) groups excluding carboxylic acids is 2. The molecule has 2 N–H and O–H groups in total. The van der Waals surface area contributed by atoms with Crippen molar-refractivity contribution in [2.24, 2.45) is 34.5 Å². The van der Waals surface area contributed by atoms with E-state index in [2.05, 4.69) is 20.8 Å². The topological polar surface area (TPSA) is 93.1 Å². The molecule has 1 heterocycles. The van der Waals surface area contributed by atoms with Crippen LogP contribution in [0.25, 0.3) is 0 Å². The number of fused-ring (bicyclic) bond motifs is 6. The molecule has 6 heteroatoms. The molecule has 34 heavy (non-hydrogen) atoms. The Bertz CT molecular complexity index is 897. The van der Waals surface area contributed by atoms with Crippen LogP contribution in [0.2, 0.25) is 0 Å². The Hall–Kier alpha value is -1.08. The average molecular weight is 475 g/mol. The first-order valence-electron chi connectivity index (χ1n) is 13.5. The number of ketones is 2. The minimum atomic E-state index is -1.78. The van der Waals surface area contributed by atoms with Crippen LogP contribution in [0.15, 0.2) is 11.6 Å². The maximum atomic E-state index is 13.5. The lowest BCUT2D eigenvalue weighted by molar-refractivity contribution is -0.435. The van der Waals surface area contributed by atoms with Crippen molar-refractivity contribution in [3.05, 3.63) is 11.6 Å². The van der Waals surface area contributed by atoms with Crippen LogP contribution >= 0.6 is 0 Å². The SMILES string of the molecule is CCCCC(C)C1(O)OCC(=O)[C@]2(CC[C@H]3[C@@H]4CCC5=CC(=O)CC[C@]5(C)[C@H]4[C@@H](O)C[C@@]32C)O1. The molecule has 0 aromatic carbocycles. The number of aliphatic hydroxyl groups excluding tert-OH is 1. The van der Waals surface area contributed by atoms with Gasteiger partial charge in [-0.15, -0.1) is 0 Å². The summed E-state index contributed by atoms with van der Waals surface area (Å²) >= 11 is 0. The number of hydrogen-bond acceptors (Lipinski definition) is 6. The van der Waals surface area contributed by atoms with E-state index in [1.54, 1.807) is 0 Å². The zero-order chi connectivity index (χ0) is 24.5. The van der Waals surface area contributed by atoms with Crippen LogP contribution in [0.4, 0.5) is 0 Å². The van der Waals surface area contributed by atoms with Gasteiger partial charge in [-0.2, -0.15) is 0 Å². The van der Waals surface area contributed by atoms with Crippen molar-refractivity contribution in [1.29, 1.82) is 0 Å². The Morgan fingerprint density at radius 2 is 1.94 bits per heavy atom. The van der Waals surface area contributed by atoms with Crippen molar-refractivity contribution in [2.45, 2.75) is 110 Å². The third-order valence-corrected chi connectivity index (χ3v) is 10.8. The second-order valence-corrected chi connectivity index (χ2v) is 12.4. The average Bonchev–Trinajstić information content (AvgIpc) is 3.07. The van der Waals surface area contributed by atoms with Gasteiger partial charge in [-0.1, -0.05) is 46.1 Å². The van der Waals surface area contributed by atoms with Crippen LogP contribution < -0.4 is 0 Å². The van der Waals surface area contributed by atoms with E-state index in [0.717, 1.165) is 44.9 Å². The van der Waals surface area contributed by atoms with E-state index in [1.165, 1.54) is 5.57 Å². The third-order valence-electron chi connectivity index (χ3n) is 10.8. The molecular formula is C28H42O6. The predicted octanol–water partition coefficient (Wildman–Crippen LogP) is 4.32. The van der Waals surface area contributed by atoms with Crippen molar-refractivity contribution in [1.82, 2.24) is 0 Å². The highest BCUT2D eigenvalue weighted by atomic mass is 16.8. The van der Waals surface area contributed by atoms with Crippen LogP contribution in [0.3, 0.4) is 0 Å². The van der Waals surface area contributed by atoms with Crippen molar-refractivity contribution < 1.29 is 29.3 Å². The number of carbonyl (C=O) groups is 2. The predicted molar refractivity (Wildman–Crippen MR) is 127 cm³/mol. The lowest BCUT2D eigenvalue weighted by Gasteiger charge is -2.62. The molecule has 2 unspecified atom stereocenters. The Balaban J connectivity index is 1.48. The lowest BCUT2D eigenvalue weighted by atomic mass is 9.45. The number of aliphatic hydroxyl groups is 2. The Morgan fingerprint density at radius 3 is 2.68 bits per heavy atom. The largest absolute Gasteiger partial charge is 0.393 e. The summed E-state index contributed by atoms with van der Waals surface area (Å²) in [5.41, 5.74) is -0.646. The maximum Gasteiger partial charge on any atom is 0.284 e. The lowest BCUT2D eigenvalue weighted by Crippen LogP contribution is -2.68. The van der Waals surface area contributed by atoms with Gasteiger partial charge in [0.05, 0.1) is 6.10 Å². The van der Waals surface area contributed by atoms with E-state index in [1.807, 2.05) is 13.0 Å². The normalized spacial score (nSPS) is 49.3. The number of allylic oxidation sites excluding steroid dienone is 1. The Kier molecular flexibility index (Phi) is 5.95. The number of hydrogen-bond donors (Lipinski definition) is 2. The van der Waals surface area contributed by atoms with E-state index < -0.39 is 23.1 Å². The molecule has 6 nitrogen and oxygen atoms in total. The van der Waals surface area contributed by atoms with Gasteiger partial charge < -0.3 is 19.7 Å². The zero-order valence-corrected chi connectivity index (χ0v) is 21.3. The molecule has 0 aromatic heterocycles. The summed E-state index contributed by atoms with van der Waals surface area (Å²) in [6, 6.07) is 0. The molecule has 0 amide bonds. The number of Topliss-reactive ketones (excluding diaryl/α,β-unsaturated/α-hetero) is 1. The van der Waals surface area contributed by atoms with Crippen LogP contribution in [-0.2, 0) is 19.1 Å². The van der Waals surface area contributed by atoms with Crippen molar-refractivity contribution in [3.63, 3.8) is 0 Å². The van der Waals surface area contributed by atoms with E-state index in [9.17, 15) is 19.8 Å². The van der Waals surface area contributed by atoms with E-state index in [4.69, 9.17) is 9.47 Å². The van der Waals surface area contributed by atoms with Crippen LogP contribution in [-0.4, -0.2) is 46.1 Å². The molecule has 1 aliphatic heterocycles. The molecule has 190 valence electrons. The highest BCUT2D eigenvalue weighted by Crippen LogP contribution is 2.69. The first-order chi connectivity index (χ1) is 16.0. The summed E-state index contributed by atoms with van der Waals surface area (Å²) in [5.74, 6) is -1.32. The number of unbranched alkanes of at least 4 members (excludes halogenated alkanes) is 1. The second kappa shape index (κ2) is 8.22. The van der Waals surface area contributed by atoms with Gasteiger partial charge in [0.15, 0.2) is 11.6 Å². The fourth-order valence-corrected chi connectivity index (χ4v) is 8.86. The molecule has 4 aliphatic carbocycles. The van der Waals surface area contributed by atoms with Gasteiger partial charge in [0.1, 0.15) is 12.2 Å². The minimum absolute atomic E-state index is 0.0890. The van der Waals surface area contributed by atoms with Crippen molar-refractivity contribution in [3.8, 4) is 0 Å². The van der Waals surface area contributed by atoms with Crippen LogP contribution in [0.1, 0.15) is 91.9 Å². The van der Waals surface area contributed by atoms with Gasteiger partial charge >= 0.3 is 0 Å². The molecule has 0 radical (unpaired) electrons. The van der Waals surface area contributed by atoms with Crippen molar-refractivity contribution in [2.75, 3.05) is 6.61 Å². The van der Waals surface area contributed by atoms with Crippen molar-refractivity contribution >= 4 is 11.6 Å². The third kappa shape index (κ3) is 3.28. The highest BCUT2D eigenvalue weighted by molar-refractivity contribution is 5.92. The monoisotopic (exact) mass is 474 g/mol. The molecule has 0 aromatic rings. The van der Waals surface area contributed by atoms with Gasteiger partial charge in [0, 0.05) is 17.8 Å². The summed E-state index contributed by atoms with van der Waals surface area (Å²) in [6.07, 6.45) is 9.03. The van der Waals surface area contributed by atoms with E-state index in [0.29, 0.717) is 19.3 Å². The second-order valence-electron chi connectivity index (χ2n) is 12.4. The minimum Gasteiger partial charge on any atom is -0.393 e. The number of ether oxygens (including phenoxy) is 2. The molecule has 0 bridgehead atoms. The highest BCUT2D eigenvalue weighted by Gasteiger charge is 2.72. The van der Waals surface area contributed by atoms with E-state index >= 15 is 0 Å². The zero-order valence-electron chi connectivity index (χ0n) is 21.3. The number of rotatable bonds is 4. The molecular weight excluding hydrogens is 432 g/mol. The Morgan fingerprint density at radius 1 is 1.18 bits per heavy atom. The van der Waals surface area contributed by atoms with Gasteiger partial charge in [-0.05, 0) is 74.2 Å². The standard InChI is InChI=1S/C28H42O6/c1-5-6-7-17(2)28(32)33-16-23(31)27(34-28)13-11-21-20-9-8-18-14-19(29)10-12-25(18,3)24(20)22(30)15-26(21,27)4/h14,17,20-22,24,30,32H,5-13,15-16H2,1-4H3/t17?,20-,21-,22-,24+,25-,26-,27-,28?/m0/s1. The summed E-state index contributed by atoms with van der Waals surface area (Å²) in [7, 11) is 0. The van der Waals surface area contributed by atoms with Gasteiger partial charge in [0.25, 0.3) is 5.97 Å². The molecule has 4 fully saturated rings. The fraction of sp³-hybridized carbons (Fsp3) is 0.857. The van der Waals surface area contributed by atoms with Gasteiger partial charge in [0.2, 0.25) is 0 Å². The quantitative estimate of drug-likeness (QED) is 0.631. The summed E-state index contributed by atoms with van der Waals surface area (Å²) in [6.45, 7) is 8.25. The maximum absolute atomic E-state index is 13.5. The first-order valence-corrected chi connectivity index (χ1v) is 13.5. The molecule has 9 atom stereocenters. The summed E-state index contributed by atoms with van der Waals surface area (Å²) in [4.78, 5) is 25.6. The molecule has 5 aliphatic rings. The molecule has 5 rings (SSSR count). The molecule has 1 saturated heterocycles. The van der Waals surface area contributed by atoms with Gasteiger partial charge in [-0.3, -0.25) is 9.59 Å². The summed E-state index contributed by atoms with van der Waals surface area (Å²) in [5, 5.41) is 23.1. The summed E-state index contributed by atoms with van der Waals surface area (Å²) < 4.78 is 12.1. The van der Waals surface area contributed by atoms with Crippen LogP contribution in [0.5, 0.6) is 0 Å². The fourth-order valence-electron chi connectivity index (χ4n) is 8.86. The first kappa shape index (κ1) is 24.6. The Labute approximate surface area is 203 Å². The molecule has 1 spiro atoms. The van der Waals surface area contributed by atoms with Gasteiger partial charge in [-0.25, -0.2) is 0 Å². The van der Waals surface area contributed by atoms with E-state index in [-0.39, 0.29) is 47.3 Å².